The molecule has 0 unspecified atom stereocenters. The Bertz CT molecular complexity index is 481. The lowest BCUT2D eigenvalue weighted by Crippen LogP contribution is -2.36. The molecular weight excluding hydrogens is 234 g/mol. The minimum atomic E-state index is -3.65. The van der Waals surface area contributed by atoms with Crippen LogP contribution in [0.3, 0.4) is 0 Å². The van der Waals surface area contributed by atoms with E-state index in [1.807, 2.05) is 0 Å². The first-order valence-corrected chi connectivity index (χ1v) is 5.75. The molecule has 1 aromatic carbocycles. The highest BCUT2D eigenvalue weighted by Crippen LogP contribution is 2.15. The van der Waals surface area contributed by atoms with E-state index in [9.17, 15) is 18.5 Å². The van der Waals surface area contributed by atoms with Gasteiger partial charge in [0.2, 0.25) is 0 Å². The average molecular weight is 245 g/mol. The molecule has 0 saturated carbocycles. The van der Waals surface area contributed by atoms with Crippen LogP contribution in [-0.4, -0.2) is 32.4 Å². The van der Waals surface area contributed by atoms with Gasteiger partial charge in [0.1, 0.15) is 0 Å². The zero-order valence-electron chi connectivity index (χ0n) is 8.75. The van der Waals surface area contributed by atoms with Crippen LogP contribution >= 0.6 is 0 Å². The molecule has 0 radical (unpaired) electrons. The van der Waals surface area contributed by atoms with Gasteiger partial charge in [-0.2, -0.15) is 0 Å². The Hall–Kier alpha value is -1.51. The summed E-state index contributed by atoms with van der Waals surface area (Å²) in [4.78, 5) is 12.0. The molecule has 1 N–H and O–H groups in total. The molecule has 0 bridgehead atoms. The molecule has 0 saturated heterocycles. The summed E-state index contributed by atoms with van der Waals surface area (Å²) in [5, 5.41) is 11.6. The summed E-state index contributed by atoms with van der Waals surface area (Å²) < 4.78 is 23.2. The lowest BCUT2D eigenvalue weighted by atomic mass is 10.3. The van der Waals surface area contributed by atoms with Crippen molar-refractivity contribution in [2.75, 3.05) is 14.1 Å². The highest BCUT2D eigenvalue weighted by atomic mass is 32.2. The van der Waals surface area contributed by atoms with Gasteiger partial charge in [-0.1, -0.05) is 0 Å². The van der Waals surface area contributed by atoms with Gasteiger partial charge in [-0.15, -0.1) is 4.83 Å². The monoisotopic (exact) mass is 245 g/mol. The Balaban J connectivity index is 3.02. The second-order valence-corrected chi connectivity index (χ2v) is 4.90. The lowest BCUT2D eigenvalue weighted by Gasteiger charge is -2.11. The summed E-state index contributed by atoms with van der Waals surface area (Å²) >= 11 is 0. The van der Waals surface area contributed by atoms with Gasteiger partial charge in [0.05, 0.1) is 9.82 Å². The number of non-ortho nitro benzene ring substituents is 1. The molecule has 0 fully saturated rings. The van der Waals surface area contributed by atoms with Crippen LogP contribution < -0.4 is 4.83 Å². The van der Waals surface area contributed by atoms with E-state index in [0.717, 1.165) is 12.1 Å². The minimum absolute atomic E-state index is 0.0215. The summed E-state index contributed by atoms with van der Waals surface area (Å²) in [6.45, 7) is 0. The smallest absolute Gasteiger partial charge is 0.258 e. The molecular formula is C8H11N3O4S. The molecule has 7 nitrogen and oxygen atoms in total. The minimum Gasteiger partial charge on any atom is -0.258 e. The molecule has 0 spiro atoms. The number of nitro benzene ring substituents is 1. The van der Waals surface area contributed by atoms with E-state index in [2.05, 4.69) is 4.83 Å². The number of rotatable bonds is 4. The number of nitrogens with zero attached hydrogens (tertiary/aromatic N) is 2. The maximum Gasteiger partial charge on any atom is 0.269 e. The molecule has 0 heterocycles. The maximum atomic E-state index is 11.6. The van der Waals surface area contributed by atoms with Crippen molar-refractivity contribution in [3.8, 4) is 0 Å². The molecule has 0 aliphatic carbocycles. The molecule has 88 valence electrons. The fraction of sp³-hybridized carbons (Fsp3) is 0.250. The molecule has 8 heteroatoms. The first-order chi connectivity index (χ1) is 7.33. The number of hydrogen-bond acceptors (Lipinski definition) is 5. The van der Waals surface area contributed by atoms with Crippen LogP contribution in [0.5, 0.6) is 0 Å². The molecule has 0 aliphatic heterocycles. The van der Waals surface area contributed by atoms with Gasteiger partial charge in [0.15, 0.2) is 0 Å². The van der Waals surface area contributed by atoms with Crippen molar-refractivity contribution in [1.29, 1.82) is 0 Å². The first kappa shape index (κ1) is 12.6. The van der Waals surface area contributed by atoms with Crippen molar-refractivity contribution in [3.05, 3.63) is 34.4 Å². The number of hydrogen-bond donors (Lipinski definition) is 1. The molecule has 0 amide bonds. The van der Waals surface area contributed by atoms with Crippen molar-refractivity contribution < 1.29 is 13.3 Å². The number of hydrazine groups is 1. The Morgan fingerprint density at radius 3 is 2.12 bits per heavy atom. The van der Waals surface area contributed by atoms with Crippen LogP contribution in [0.4, 0.5) is 5.69 Å². The van der Waals surface area contributed by atoms with Gasteiger partial charge >= 0.3 is 0 Å². The van der Waals surface area contributed by atoms with Crippen molar-refractivity contribution in [2.45, 2.75) is 4.90 Å². The van der Waals surface area contributed by atoms with E-state index in [4.69, 9.17) is 0 Å². The van der Waals surface area contributed by atoms with Crippen LogP contribution in [0.15, 0.2) is 29.2 Å². The molecule has 1 aromatic rings. The summed E-state index contributed by atoms with van der Waals surface area (Å²) in [6.07, 6.45) is 0. The van der Waals surface area contributed by atoms with Gasteiger partial charge in [-0.3, -0.25) is 10.1 Å². The summed E-state index contributed by atoms with van der Waals surface area (Å²) in [7, 11) is -0.587. The lowest BCUT2D eigenvalue weighted by molar-refractivity contribution is -0.384. The van der Waals surface area contributed by atoms with Crippen LogP contribution in [0.1, 0.15) is 0 Å². The summed E-state index contributed by atoms with van der Waals surface area (Å²) in [5.74, 6) is 0. The van der Waals surface area contributed by atoms with E-state index in [1.165, 1.54) is 31.2 Å². The topological polar surface area (TPSA) is 92.6 Å². The molecule has 16 heavy (non-hydrogen) atoms. The van der Waals surface area contributed by atoms with E-state index in [1.54, 1.807) is 0 Å². The maximum absolute atomic E-state index is 11.6. The predicted octanol–water partition coefficient (Wildman–Crippen LogP) is 0.350. The SMILES string of the molecule is CN(C)NS(=O)(=O)c1ccc([N+](=O)[O-])cc1. The third-order valence-corrected chi connectivity index (χ3v) is 3.16. The van der Waals surface area contributed by atoms with Gasteiger partial charge < -0.3 is 0 Å². The molecule has 0 aromatic heterocycles. The van der Waals surface area contributed by atoms with Crippen LogP contribution in [-0.2, 0) is 10.0 Å². The third-order valence-electron chi connectivity index (χ3n) is 1.66. The Labute approximate surface area is 92.9 Å². The second kappa shape index (κ2) is 4.56. The number of nitrogens with one attached hydrogen (secondary N) is 1. The average Bonchev–Trinajstić information content (AvgIpc) is 2.16. The molecule has 0 atom stereocenters. The summed E-state index contributed by atoms with van der Waals surface area (Å²) in [5.41, 5.74) is -0.149. The van der Waals surface area contributed by atoms with Gasteiger partial charge in [-0.05, 0) is 12.1 Å². The normalized spacial score (nSPS) is 11.7. The molecule has 1 rings (SSSR count). The summed E-state index contributed by atoms with van der Waals surface area (Å²) in [6, 6.07) is 4.66. The number of sulfonamides is 1. The highest BCUT2D eigenvalue weighted by molar-refractivity contribution is 7.89. The second-order valence-electron chi connectivity index (χ2n) is 3.24. The zero-order chi connectivity index (χ0) is 12.3. The quantitative estimate of drug-likeness (QED) is 0.610. The van der Waals surface area contributed by atoms with Gasteiger partial charge in [-0.25, -0.2) is 13.4 Å². The first-order valence-electron chi connectivity index (χ1n) is 4.27. The van der Waals surface area contributed by atoms with Crippen LogP contribution in [0, 0.1) is 10.1 Å². The fourth-order valence-corrected chi connectivity index (χ4v) is 2.12. The van der Waals surface area contributed by atoms with Gasteiger partial charge in [0, 0.05) is 26.2 Å². The fourth-order valence-electron chi connectivity index (χ4n) is 1.04. The Kier molecular flexibility index (Phi) is 3.58. The Morgan fingerprint density at radius 1 is 1.25 bits per heavy atom. The standard InChI is InChI=1S/C8H11N3O4S/c1-10(2)9-16(14,15)8-5-3-7(4-6-8)11(12)13/h3-6,9H,1-2H3. The van der Waals surface area contributed by atoms with Crippen LogP contribution in [0.25, 0.3) is 0 Å². The van der Waals surface area contributed by atoms with Crippen molar-refractivity contribution in [2.24, 2.45) is 0 Å². The van der Waals surface area contributed by atoms with Crippen molar-refractivity contribution in [1.82, 2.24) is 9.84 Å². The van der Waals surface area contributed by atoms with Crippen molar-refractivity contribution in [3.63, 3.8) is 0 Å². The third kappa shape index (κ3) is 2.99. The van der Waals surface area contributed by atoms with E-state index >= 15 is 0 Å². The highest BCUT2D eigenvalue weighted by Gasteiger charge is 2.15. The van der Waals surface area contributed by atoms with E-state index in [0.29, 0.717) is 0 Å². The number of benzene rings is 1. The predicted molar refractivity (Wildman–Crippen MR) is 57.1 cm³/mol. The number of nitro groups is 1. The van der Waals surface area contributed by atoms with Crippen molar-refractivity contribution >= 4 is 15.7 Å². The van der Waals surface area contributed by atoms with Gasteiger partial charge in [0.25, 0.3) is 15.7 Å². The Morgan fingerprint density at radius 2 is 1.75 bits per heavy atom. The molecule has 0 aliphatic rings. The van der Waals surface area contributed by atoms with E-state index < -0.39 is 14.9 Å². The largest absolute Gasteiger partial charge is 0.269 e. The van der Waals surface area contributed by atoms with E-state index in [-0.39, 0.29) is 10.6 Å². The zero-order valence-corrected chi connectivity index (χ0v) is 9.56. The van der Waals surface area contributed by atoms with Crippen LogP contribution in [0.2, 0.25) is 0 Å².